The van der Waals surface area contributed by atoms with E-state index in [2.05, 4.69) is 30.7 Å². The number of rotatable bonds is 5. The van der Waals surface area contributed by atoms with Crippen LogP contribution in [-0.4, -0.2) is 37.2 Å². The number of carboxylic acid groups (broad SMARTS) is 1. The number of hydrogen-bond acceptors (Lipinski definition) is 6. The number of carbonyl (C=O) groups is 3. The zero-order valence-electron chi connectivity index (χ0n) is 11.2. The van der Waals surface area contributed by atoms with Gasteiger partial charge in [0.05, 0.1) is 31.5 Å². The highest BCUT2D eigenvalue weighted by molar-refractivity contribution is 9.10. The van der Waals surface area contributed by atoms with E-state index in [-0.39, 0.29) is 16.9 Å². The minimum Gasteiger partial charge on any atom is -0.478 e. The third kappa shape index (κ3) is 4.60. The highest BCUT2D eigenvalue weighted by Gasteiger charge is 2.15. The van der Waals surface area contributed by atoms with Crippen molar-refractivity contribution in [1.29, 1.82) is 0 Å². The highest BCUT2D eigenvalue weighted by Crippen LogP contribution is 2.25. The van der Waals surface area contributed by atoms with Crippen molar-refractivity contribution in [3.63, 3.8) is 0 Å². The number of halogens is 1. The summed E-state index contributed by atoms with van der Waals surface area (Å²) in [4.78, 5) is 33.8. The lowest BCUT2D eigenvalue weighted by Crippen LogP contribution is -2.16. The van der Waals surface area contributed by atoms with Crippen molar-refractivity contribution in [3.05, 3.63) is 40.0 Å². The predicted molar refractivity (Wildman–Crippen MR) is 76.8 cm³/mol. The SMILES string of the molecule is COC(=O)/C=C(/Nc1cc(C(=O)O)ccc1Br)C(=O)OC. The van der Waals surface area contributed by atoms with Gasteiger partial charge in [-0.25, -0.2) is 14.4 Å². The van der Waals surface area contributed by atoms with Gasteiger partial charge in [-0.05, 0) is 34.1 Å². The van der Waals surface area contributed by atoms with E-state index in [4.69, 9.17) is 5.11 Å². The second kappa shape index (κ2) is 7.44. The average molecular weight is 358 g/mol. The largest absolute Gasteiger partial charge is 0.478 e. The predicted octanol–water partition coefficient (Wildman–Crippen LogP) is 1.79. The maximum atomic E-state index is 11.6. The van der Waals surface area contributed by atoms with Crippen molar-refractivity contribution in [3.8, 4) is 0 Å². The molecule has 0 aliphatic carbocycles. The Labute approximate surface area is 128 Å². The Morgan fingerprint density at radius 1 is 1.24 bits per heavy atom. The van der Waals surface area contributed by atoms with E-state index in [0.29, 0.717) is 4.47 Å². The van der Waals surface area contributed by atoms with Gasteiger partial charge in [-0.2, -0.15) is 0 Å². The lowest BCUT2D eigenvalue weighted by atomic mass is 10.2. The molecule has 112 valence electrons. The Hall–Kier alpha value is -2.35. The maximum absolute atomic E-state index is 11.6. The highest BCUT2D eigenvalue weighted by atomic mass is 79.9. The monoisotopic (exact) mass is 357 g/mol. The van der Waals surface area contributed by atoms with Crippen LogP contribution in [0.4, 0.5) is 5.69 Å². The topological polar surface area (TPSA) is 102 Å². The van der Waals surface area contributed by atoms with E-state index in [1.807, 2.05) is 0 Å². The summed E-state index contributed by atoms with van der Waals surface area (Å²) >= 11 is 3.21. The molecule has 0 unspecified atom stereocenters. The Kier molecular flexibility index (Phi) is 5.92. The smallest absolute Gasteiger partial charge is 0.354 e. The minimum absolute atomic E-state index is 0.0167. The van der Waals surface area contributed by atoms with Gasteiger partial charge < -0.3 is 19.9 Å². The molecule has 0 amide bonds. The van der Waals surface area contributed by atoms with Gasteiger partial charge in [-0.1, -0.05) is 0 Å². The molecule has 1 aromatic rings. The van der Waals surface area contributed by atoms with Crippen LogP contribution in [0, 0.1) is 0 Å². The van der Waals surface area contributed by atoms with E-state index in [1.54, 1.807) is 0 Å². The first-order valence-electron chi connectivity index (χ1n) is 5.57. The van der Waals surface area contributed by atoms with Crippen LogP contribution < -0.4 is 5.32 Å². The Morgan fingerprint density at radius 3 is 2.43 bits per heavy atom. The van der Waals surface area contributed by atoms with E-state index < -0.39 is 17.9 Å². The summed E-state index contributed by atoms with van der Waals surface area (Å²) in [5.74, 6) is -2.68. The number of aromatic carboxylic acids is 1. The summed E-state index contributed by atoms with van der Waals surface area (Å²) in [6.07, 6.45) is 0.908. The fraction of sp³-hybridized carbons (Fsp3) is 0.154. The number of hydrogen-bond donors (Lipinski definition) is 2. The fourth-order valence-corrected chi connectivity index (χ4v) is 1.68. The van der Waals surface area contributed by atoms with Gasteiger partial charge in [0.2, 0.25) is 0 Å². The summed E-state index contributed by atoms with van der Waals surface area (Å²) < 4.78 is 9.48. The molecular weight excluding hydrogens is 346 g/mol. The van der Waals surface area contributed by atoms with Gasteiger partial charge in [0.15, 0.2) is 0 Å². The standard InChI is InChI=1S/C13H12BrNO6/c1-20-11(16)6-10(13(19)21-2)15-9-5-7(12(17)18)3-4-8(9)14/h3-6,15H,1-2H3,(H,17,18)/b10-6+. The summed E-state index contributed by atoms with van der Waals surface area (Å²) in [7, 11) is 2.31. The van der Waals surface area contributed by atoms with Crippen LogP contribution in [0.1, 0.15) is 10.4 Å². The molecule has 0 aliphatic rings. The molecule has 8 heteroatoms. The van der Waals surface area contributed by atoms with Gasteiger partial charge in [0.1, 0.15) is 5.70 Å². The number of carbonyl (C=O) groups excluding carboxylic acids is 2. The summed E-state index contributed by atoms with van der Waals surface area (Å²) in [6, 6.07) is 4.19. The van der Waals surface area contributed by atoms with Crippen LogP contribution in [-0.2, 0) is 19.1 Å². The van der Waals surface area contributed by atoms with Gasteiger partial charge >= 0.3 is 17.9 Å². The Balaban J connectivity index is 3.17. The van der Waals surface area contributed by atoms with Crippen LogP contribution in [0.25, 0.3) is 0 Å². The molecule has 2 N–H and O–H groups in total. The number of nitrogens with one attached hydrogen (secondary N) is 1. The van der Waals surface area contributed by atoms with E-state index in [1.165, 1.54) is 18.2 Å². The van der Waals surface area contributed by atoms with Crippen molar-refractivity contribution in [2.75, 3.05) is 19.5 Å². The molecule has 1 rings (SSSR count). The Bertz CT molecular complexity index is 611. The molecule has 7 nitrogen and oxygen atoms in total. The van der Waals surface area contributed by atoms with Crippen molar-refractivity contribution in [2.24, 2.45) is 0 Å². The molecular formula is C13H12BrNO6. The van der Waals surface area contributed by atoms with E-state index in [0.717, 1.165) is 20.3 Å². The molecule has 0 saturated heterocycles. The molecule has 0 aliphatic heterocycles. The molecule has 0 spiro atoms. The second-order valence-electron chi connectivity index (χ2n) is 3.70. The first-order chi connectivity index (χ1) is 9.88. The van der Waals surface area contributed by atoms with Gasteiger partial charge in [-0.15, -0.1) is 0 Å². The molecule has 0 atom stereocenters. The maximum Gasteiger partial charge on any atom is 0.354 e. The third-order valence-electron chi connectivity index (χ3n) is 2.35. The average Bonchev–Trinajstić information content (AvgIpc) is 2.47. The number of carboxylic acids is 1. The van der Waals surface area contributed by atoms with Crippen LogP contribution in [0.15, 0.2) is 34.4 Å². The quantitative estimate of drug-likeness (QED) is 0.611. The molecule has 0 heterocycles. The number of anilines is 1. The first kappa shape index (κ1) is 16.7. The molecule has 0 bridgehead atoms. The minimum atomic E-state index is -1.12. The normalized spacial score (nSPS) is 10.7. The van der Waals surface area contributed by atoms with E-state index in [9.17, 15) is 14.4 Å². The van der Waals surface area contributed by atoms with Crippen molar-refractivity contribution in [2.45, 2.75) is 0 Å². The summed E-state index contributed by atoms with van der Waals surface area (Å²) in [5.41, 5.74) is 0.117. The van der Waals surface area contributed by atoms with Gasteiger partial charge in [0, 0.05) is 4.47 Å². The molecule has 0 saturated carbocycles. The molecule has 0 fully saturated rings. The lowest BCUT2D eigenvalue weighted by molar-refractivity contribution is -0.138. The number of benzene rings is 1. The van der Waals surface area contributed by atoms with Gasteiger partial charge in [-0.3, -0.25) is 0 Å². The number of methoxy groups -OCH3 is 2. The summed E-state index contributed by atoms with van der Waals surface area (Å²) in [6.45, 7) is 0. The van der Waals surface area contributed by atoms with Crippen LogP contribution in [0.3, 0.4) is 0 Å². The molecule has 0 radical (unpaired) electrons. The molecule has 1 aromatic carbocycles. The zero-order chi connectivity index (χ0) is 16.0. The van der Waals surface area contributed by atoms with E-state index >= 15 is 0 Å². The summed E-state index contributed by atoms with van der Waals surface area (Å²) in [5, 5.41) is 11.6. The number of ether oxygens (including phenoxy) is 2. The zero-order valence-corrected chi connectivity index (χ0v) is 12.8. The van der Waals surface area contributed by atoms with Crippen molar-refractivity contribution in [1.82, 2.24) is 0 Å². The van der Waals surface area contributed by atoms with Crippen LogP contribution >= 0.6 is 15.9 Å². The van der Waals surface area contributed by atoms with Crippen LogP contribution in [0.2, 0.25) is 0 Å². The molecule has 0 aromatic heterocycles. The van der Waals surface area contributed by atoms with Crippen LogP contribution in [0.5, 0.6) is 0 Å². The van der Waals surface area contributed by atoms with Gasteiger partial charge in [0.25, 0.3) is 0 Å². The first-order valence-corrected chi connectivity index (χ1v) is 6.36. The molecule has 21 heavy (non-hydrogen) atoms. The second-order valence-corrected chi connectivity index (χ2v) is 4.55. The number of esters is 2. The van der Waals surface area contributed by atoms with Crippen molar-refractivity contribution < 1.29 is 29.0 Å². The fourth-order valence-electron chi connectivity index (χ4n) is 1.33. The lowest BCUT2D eigenvalue weighted by Gasteiger charge is -2.11. The third-order valence-corrected chi connectivity index (χ3v) is 3.04. The Morgan fingerprint density at radius 2 is 1.90 bits per heavy atom. The van der Waals surface area contributed by atoms with Crippen molar-refractivity contribution >= 4 is 39.5 Å².